The third-order valence-electron chi connectivity index (χ3n) is 1.70. The summed E-state index contributed by atoms with van der Waals surface area (Å²) < 4.78 is 44.9. The summed E-state index contributed by atoms with van der Waals surface area (Å²) in [6.07, 6.45) is -4.00. The van der Waals surface area contributed by atoms with Crippen molar-refractivity contribution in [1.29, 1.82) is 0 Å². The Morgan fingerprint density at radius 1 is 1.37 bits per heavy atom. The van der Waals surface area contributed by atoms with E-state index in [1.165, 1.54) is 12.1 Å². The Bertz CT molecular complexity index is 485. The molecule has 0 saturated heterocycles. The number of ether oxygens (including phenoxy) is 2. The number of carboxylic acids is 1. The lowest BCUT2D eigenvalue weighted by Gasteiger charge is -2.11. The quantitative estimate of drug-likeness (QED) is 0.507. The number of hydrogen-bond acceptors (Lipinski definition) is 3. The Hall–Kier alpha value is -1.70. The Kier molecular flexibility index (Phi) is 5.22. The molecule has 0 radical (unpaired) electrons. The maximum Gasteiger partial charge on any atom is 0.573 e. The molecule has 0 aliphatic heterocycles. The zero-order valence-electron chi connectivity index (χ0n) is 9.28. The van der Waals surface area contributed by atoms with Gasteiger partial charge < -0.3 is 14.6 Å². The number of allylic oxidation sites excluding steroid dienone is 1. The van der Waals surface area contributed by atoms with Gasteiger partial charge in [0.15, 0.2) is 0 Å². The van der Waals surface area contributed by atoms with Crippen LogP contribution in [0.3, 0.4) is 0 Å². The molecule has 0 aromatic heterocycles. The Morgan fingerprint density at radius 2 is 2.00 bits per heavy atom. The number of alkyl halides is 4. The van der Waals surface area contributed by atoms with Crippen molar-refractivity contribution in [2.75, 3.05) is 5.33 Å². The molecular weight excluding hydrogens is 333 g/mol. The van der Waals surface area contributed by atoms with E-state index in [9.17, 15) is 18.0 Å². The van der Waals surface area contributed by atoms with Gasteiger partial charge in [-0.2, -0.15) is 0 Å². The van der Waals surface area contributed by atoms with E-state index in [-0.39, 0.29) is 16.8 Å². The Balaban J connectivity index is 2.85. The molecule has 8 heteroatoms. The van der Waals surface area contributed by atoms with Gasteiger partial charge in [-0.1, -0.05) is 22.0 Å². The number of aliphatic carboxylic acids is 1. The van der Waals surface area contributed by atoms with Crippen LogP contribution in [-0.4, -0.2) is 22.8 Å². The van der Waals surface area contributed by atoms with Crippen LogP contribution in [0.2, 0.25) is 0 Å². The fourth-order valence-corrected chi connectivity index (χ4v) is 1.40. The maximum absolute atomic E-state index is 12.0. The summed E-state index contributed by atoms with van der Waals surface area (Å²) in [6, 6.07) is 4.78. The van der Waals surface area contributed by atoms with Crippen LogP contribution in [0.15, 0.2) is 36.1 Å². The van der Waals surface area contributed by atoms with Gasteiger partial charge >= 0.3 is 12.3 Å². The molecule has 4 nitrogen and oxygen atoms in total. The van der Waals surface area contributed by atoms with Crippen molar-refractivity contribution in [1.82, 2.24) is 0 Å². The van der Waals surface area contributed by atoms with Gasteiger partial charge in [0.05, 0.1) is 11.4 Å². The molecule has 0 aliphatic rings. The number of benzene rings is 1. The maximum atomic E-state index is 12.0. The van der Waals surface area contributed by atoms with Crippen molar-refractivity contribution in [3.63, 3.8) is 0 Å². The number of carbonyl (C=O) groups is 1. The second-order valence-electron chi connectivity index (χ2n) is 3.21. The number of carboxylic acid groups (broad SMARTS) is 1. The summed E-state index contributed by atoms with van der Waals surface area (Å²) in [5, 5.41) is 8.65. The third kappa shape index (κ3) is 6.14. The molecule has 1 aromatic rings. The molecule has 0 aliphatic carbocycles. The second-order valence-corrected chi connectivity index (χ2v) is 3.77. The van der Waals surface area contributed by atoms with E-state index in [4.69, 9.17) is 9.84 Å². The van der Waals surface area contributed by atoms with Crippen LogP contribution >= 0.6 is 15.9 Å². The lowest BCUT2D eigenvalue weighted by Crippen LogP contribution is -2.17. The smallest absolute Gasteiger partial charge is 0.478 e. The highest BCUT2D eigenvalue weighted by atomic mass is 79.9. The minimum atomic E-state index is -4.80. The van der Waals surface area contributed by atoms with E-state index in [0.29, 0.717) is 0 Å². The Labute approximate surface area is 114 Å². The lowest BCUT2D eigenvalue weighted by atomic mass is 10.3. The van der Waals surface area contributed by atoms with Gasteiger partial charge in [-0.15, -0.1) is 13.2 Å². The Morgan fingerprint density at radius 3 is 2.53 bits per heavy atom. The van der Waals surface area contributed by atoms with Gasteiger partial charge in [0.2, 0.25) is 0 Å². The molecule has 1 N–H and O–H groups in total. The first-order chi connectivity index (χ1) is 8.80. The minimum absolute atomic E-state index is 0.0358. The fourth-order valence-electron chi connectivity index (χ4n) is 1.12. The molecule has 1 rings (SSSR count). The van der Waals surface area contributed by atoms with Crippen LogP contribution in [0.25, 0.3) is 0 Å². The summed E-state index contributed by atoms with van der Waals surface area (Å²) in [5.74, 6) is -1.60. The van der Waals surface area contributed by atoms with Crippen LogP contribution in [0, 0.1) is 0 Å². The predicted octanol–water partition coefficient (Wildman–Crippen LogP) is 3.33. The van der Waals surface area contributed by atoms with Crippen molar-refractivity contribution in [2.24, 2.45) is 0 Å². The monoisotopic (exact) mass is 340 g/mol. The summed E-state index contributed by atoms with van der Waals surface area (Å²) in [7, 11) is 0. The predicted molar refractivity (Wildman–Crippen MR) is 63.3 cm³/mol. The minimum Gasteiger partial charge on any atom is -0.478 e. The lowest BCUT2D eigenvalue weighted by molar-refractivity contribution is -0.274. The van der Waals surface area contributed by atoms with Crippen molar-refractivity contribution < 1.29 is 32.5 Å². The number of hydrogen-bond donors (Lipinski definition) is 1. The number of halogens is 4. The van der Waals surface area contributed by atoms with Gasteiger partial charge in [0, 0.05) is 6.07 Å². The van der Waals surface area contributed by atoms with E-state index < -0.39 is 18.1 Å². The normalized spacial score (nSPS) is 12.1. The molecule has 0 spiro atoms. The molecule has 19 heavy (non-hydrogen) atoms. The highest BCUT2D eigenvalue weighted by Gasteiger charge is 2.31. The van der Waals surface area contributed by atoms with Crippen molar-refractivity contribution >= 4 is 21.9 Å². The highest BCUT2D eigenvalue weighted by Crippen LogP contribution is 2.27. The van der Waals surface area contributed by atoms with Crippen molar-refractivity contribution in [3.8, 4) is 11.5 Å². The van der Waals surface area contributed by atoms with E-state index in [1.807, 2.05) is 0 Å². The molecule has 0 heterocycles. The van der Waals surface area contributed by atoms with E-state index in [1.54, 1.807) is 0 Å². The SMILES string of the molecule is O=C(O)/C=C(\CBr)Oc1cccc(OC(F)(F)F)c1. The zero-order chi connectivity index (χ0) is 14.5. The average Bonchev–Trinajstić information content (AvgIpc) is 2.25. The molecular formula is C11H8BrF3O4. The average molecular weight is 341 g/mol. The second kappa shape index (κ2) is 6.46. The van der Waals surface area contributed by atoms with Gasteiger partial charge in [-0.25, -0.2) is 4.79 Å². The molecule has 0 amide bonds. The molecule has 0 unspecified atom stereocenters. The van der Waals surface area contributed by atoms with Crippen molar-refractivity contribution in [3.05, 3.63) is 36.1 Å². The fraction of sp³-hybridized carbons (Fsp3) is 0.182. The summed E-state index contributed by atoms with van der Waals surface area (Å²) >= 11 is 3.00. The molecule has 0 atom stereocenters. The van der Waals surface area contributed by atoms with Gasteiger partial charge in [0.25, 0.3) is 0 Å². The van der Waals surface area contributed by atoms with Crippen LogP contribution < -0.4 is 9.47 Å². The van der Waals surface area contributed by atoms with Gasteiger partial charge in [-0.05, 0) is 12.1 Å². The van der Waals surface area contributed by atoms with Crippen LogP contribution in [-0.2, 0) is 4.79 Å². The summed E-state index contributed by atoms with van der Waals surface area (Å²) in [5.41, 5.74) is 0. The number of rotatable bonds is 5. The van der Waals surface area contributed by atoms with Gasteiger partial charge in [-0.3, -0.25) is 0 Å². The first kappa shape index (κ1) is 15.4. The summed E-state index contributed by atoms with van der Waals surface area (Å²) in [4.78, 5) is 10.5. The highest BCUT2D eigenvalue weighted by molar-refractivity contribution is 9.09. The molecule has 0 saturated carbocycles. The van der Waals surface area contributed by atoms with Crippen LogP contribution in [0.4, 0.5) is 13.2 Å². The zero-order valence-corrected chi connectivity index (χ0v) is 10.9. The van der Waals surface area contributed by atoms with E-state index in [0.717, 1.165) is 18.2 Å². The van der Waals surface area contributed by atoms with Gasteiger partial charge in [0.1, 0.15) is 17.3 Å². The third-order valence-corrected chi connectivity index (χ3v) is 2.26. The van der Waals surface area contributed by atoms with Crippen molar-refractivity contribution in [2.45, 2.75) is 6.36 Å². The standard InChI is InChI=1S/C11H8BrF3O4/c12-6-9(5-10(16)17)18-7-2-1-3-8(4-7)19-11(13,14)15/h1-5H,6H2,(H,16,17)/b9-5+. The summed E-state index contributed by atoms with van der Waals surface area (Å²) in [6.45, 7) is 0. The first-order valence-electron chi connectivity index (χ1n) is 4.83. The topological polar surface area (TPSA) is 55.8 Å². The first-order valence-corrected chi connectivity index (χ1v) is 5.95. The molecule has 104 valence electrons. The molecule has 0 bridgehead atoms. The molecule has 0 fully saturated rings. The van der Waals surface area contributed by atoms with E-state index in [2.05, 4.69) is 20.7 Å². The molecule has 1 aromatic carbocycles. The van der Waals surface area contributed by atoms with Crippen LogP contribution in [0.1, 0.15) is 0 Å². The largest absolute Gasteiger partial charge is 0.573 e. The van der Waals surface area contributed by atoms with Crippen LogP contribution in [0.5, 0.6) is 11.5 Å². The van der Waals surface area contributed by atoms with E-state index >= 15 is 0 Å².